The maximum atomic E-state index is 12.5. The molecule has 1 aliphatic rings. The lowest BCUT2D eigenvalue weighted by molar-refractivity contribution is 0.00693. The Balaban J connectivity index is 1.92. The molecule has 2 aromatic carbocycles. The van der Waals surface area contributed by atoms with Crippen LogP contribution in [0.5, 0.6) is 0 Å². The second-order valence-electron chi connectivity index (χ2n) is 7.63. The number of anilines is 1. The number of carbonyl (C=O) groups excluding carboxylic acids is 1. The fourth-order valence-electron chi connectivity index (χ4n) is 3.02. The fraction of sp³-hybridized carbons (Fsp3) is 0.304. The Kier molecular flexibility index (Phi) is 5.45. The maximum absolute atomic E-state index is 12.5. The molecule has 0 saturated heterocycles. The third kappa shape index (κ3) is 4.64. The molecule has 4 heteroatoms. The van der Waals surface area contributed by atoms with E-state index in [2.05, 4.69) is 24.1 Å². The second kappa shape index (κ2) is 7.78. The number of esters is 1. The molecule has 0 N–H and O–H groups in total. The van der Waals surface area contributed by atoms with E-state index >= 15 is 0 Å². The maximum Gasteiger partial charge on any atom is 0.339 e. The van der Waals surface area contributed by atoms with Crippen molar-refractivity contribution in [1.29, 1.82) is 0 Å². The molecule has 0 amide bonds. The first-order valence-corrected chi connectivity index (χ1v) is 9.20. The van der Waals surface area contributed by atoms with Crippen molar-refractivity contribution >= 4 is 23.4 Å². The van der Waals surface area contributed by atoms with Crippen molar-refractivity contribution in [3.8, 4) is 0 Å². The van der Waals surface area contributed by atoms with Gasteiger partial charge in [-0.2, -0.15) is 0 Å². The summed E-state index contributed by atoms with van der Waals surface area (Å²) in [5.74, 6) is -0.314. The number of para-hydroxylation sites is 1. The van der Waals surface area contributed by atoms with Crippen LogP contribution in [0.2, 0.25) is 0 Å². The lowest BCUT2D eigenvalue weighted by Gasteiger charge is -2.20. The number of aliphatic imine (C=N–C) groups is 1. The molecule has 27 heavy (non-hydrogen) atoms. The predicted octanol–water partition coefficient (Wildman–Crippen LogP) is 4.59. The Morgan fingerprint density at radius 3 is 2.56 bits per heavy atom. The van der Waals surface area contributed by atoms with E-state index < -0.39 is 5.60 Å². The summed E-state index contributed by atoms with van der Waals surface area (Å²) in [7, 11) is 2.08. The number of carbonyl (C=O) groups is 1. The van der Waals surface area contributed by atoms with Gasteiger partial charge in [0.25, 0.3) is 0 Å². The zero-order valence-electron chi connectivity index (χ0n) is 16.4. The van der Waals surface area contributed by atoms with Crippen LogP contribution in [0, 0.1) is 0 Å². The molecule has 1 aliphatic heterocycles. The zero-order valence-corrected chi connectivity index (χ0v) is 16.4. The molecule has 3 rings (SSSR count). The summed E-state index contributed by atoms with van der Waals surface area (Å²) in [5.41, 5.74) is 4.05. The van der Waals surface area contributed by atoms with Crippen LogP contribution in [0.4, 0.5) is 5.69 Å². The predicted molar refractivity (Wildman–Crippen MR) is 112 cm³/mol. The van der Waals surface area contributed by atoms with Gasteiger partial charge in [-0.3, -0.25) is 4.99 Å². The molecule has 4 nitrogen and oxygen atoms in total. The summed E-state index contributed by atoms with van der Waals surface area (Å²) >= 11 is 0. The first-order valence-electron chi connectivity index (χ1n) is 9.20. The van der Waals surface area contributed by atoms with Crippen molar-refractivity contribution in [2.45, 2.75) is 26.4 Å². The van der Waals surface area contributed by atoms with Gasteiger partial charge in [0.2, 0.25) is 0 Å². The molecule has 0 atom stereocenters. The first-order chi connectivity index (χ1) is 12.8. The van der Waals surface area contributed by atoms with E-state index in [0.29, 0.717) is 5.56 Å². The summed E-state index contributed by atoms with van der Waals surface area (Å²) in [4.78, 5) is 19.5. The highest BCUT2D eigenvalue weighted by molar-refractivity contribution is 6.14. The van der Waals surface area contributed by atoms with E-state index in [-0.39, 0.29) is 5.97 Å². The van der Waals surface area contributed by atoms with E-state index in [4.69, 9.17) is 9.73 Å². The van der Waals surface area contributed by atoms with E-state index in [1.807, 2.05) is 63.3 Å². The van der Waals surface area contributed by atoms with Gasteiger partial charge < -0.3 is 9.64 Å². The molecule has 140 valence electrons. The summed E-state index contributed by atoms with van der Waals surface area (Å²) in [5, 5.41) is 0. The van der Waals surface area contributed by atoms with Gasteiger partial charge in [-0.25, -0.2) is 4.79 Å². The molecule has 1 heterocycles. The SMILES string of the molecule is CN1CCN=C(C=Cc2ccccc2C(=O)OC(C)(C)C)c2ccccc21. The number of benzodiazepines with no additional fused rings is 1. The Bertz CT molecular complexity index is 891. The monoisotopic (exact) mass is 362 g/mol. The van der Waals surface area contributed by atoms with Crippen molar-refractivity contribution in [2.75, 3.05) is 25.0 Å². The van der Waals surface area contributed by atoms with Crippen LogP contribution in [0.25, 0.3) is 6.08 Å². The van der Waals surface area contributed by atoms with Gasteiger partial charge in [0, 0.05) is 24.8 Å². The highest BCUT2D eigenvalue weighted by Crippen LogP contribution is 2.23. The molecule has 0 bridgehead atoms. The minimum Gasteiger partial charge on any atom is -0.456 e. The Hall–Kier alpha value is -2.88. The van der Waals surface area contributed by atoms with E-state index in [9.17, 15) is 4.79 Å². The number of benzene rings is 2. The van der Waals surface area contributed by atoms with Crippen LogP contribution in [-0.4, -0.2) is 37.4 Å². The largest absolute Gasteiger partial charge is 0.456 e. The number of nitrogens with zero attached hydrogens (tertiary/aromatic N) is 2. The lowest BCUT2D eigenvalue weighted by atomic mass is 10.0. The lowest BCUT2D eigenvalue weighted by Crippen LogP contribution is -2.24. The number of allylic oxidation sites excluding steroid dienone is 1. The molecule has 0 radical (unpaired) electrons. The second-order valence-corrected chi connectivity index (χ2v) is 7.63. The van der Waals surface area contributed by atoms with Gasteiger partial charge >= 0.3 is 5.97 Å². The van der Waals surface area contributed by atoms with Crippen LogP contribution < -0.4 is 4.90 Å². The summed E-state index contributed by atoms with van der Waals surface area (Å²) in [6.07, 6.45) is 3.93. The van der Waals surface area contributed by atoms with E-state index in [1.54, 1.807) is 6.07 Å². The van der Waals surface area contributed by atoms with E-state index in [0.717, 1.165) is 29.9 Å². The zero-order chi connectivity index (χ0) is 19.4. The Morgan fingerprint density at radius 1 is 1.07 bits per heavy atom. The third-order valence-electron chi connectivity index (χ3n) is 4.31. The summed E-state index contributed by atoms with van der Waals surface area (Å²) in [6, 6.07) is 15.7. The molecule has 0 aliphatic carbocycles. The summed E-state index contributed by atoms with van der Waals surface area (Å²) < 4.78 is 5.54. The van der Waals surface area contributed by atoms with Crippen LogP contribution in [0.3, 0.4) is 0 Å². The third-order valence-corrected chi connectivity index (χ3v) is 4.31. The van der Waals surface area contributed by atoms with Crippen LogP contribution in [0.1, 0.15) is 42.3 Å². The number of hydrogen-bond acceptors (Lipinski definition) is 4. The van der Waals surface area contributed by atoms with Gasteiger partial charge in [-0.15, -0.1) is 0 Å². The summed E-state index contributed by atoms with van der Waals surface area (Å²) in [6.45, 7) is 7.23. The van der Waals surface area contributed by atoms with Gasteiger partial charge in [0.05, 0.1) is 17.8 Å². The van der Waals surface area contributed by atoms with Gasteiger partial charge in [0.1, 0.15) is 5.60 Å². The quantitative estimate of drug-likeness (QED) is 0.750. The van der Waals surface area contributed by atoms with E-state index in [1.165, 1.54) is 5.69 Å². The Labute approximate surface area is 161 Å². The molecular formula is C23H26N2O2. The Morgan fingerprint density at radius 2 is 1.78 bits per heavy atom. The molecule has 2 aromatic rings. The number of hydrogen-bond donors (Lipinski definition) is 0. The minimum atomic E-state index is -0.525. The van der Waals surface area contributed by atoms with Crippen molar-refractivity contribution in [3.05, 3.63) is 71.3 Å². The standard InChI is InChI=1S/C23H26N2O2/c1-23(2,3)27-22(26)18-10-6-5-9-17(18)13-14-20-19-11-7-8-12-21(19)25(4)16-15-24-20/h5-14H,15-16H2,1-4H3. The van der Waals surface area contributed by atoms with Crippen LogP contribution >= 0.6 is 0 Å². The first kappa shape index (κ1) is 18.9. The average Bonchev–Trinajstić information content (AvgIpc) is 2.78. The number of ether oxygens (including phenoxy) is 1. The van der Waals surface area contributed by atoms with Gasteiger partial charge in [0.15, 0.2) is 0 Å². The molecule has 0 saturated carbocycles. The van der Waals surface area contributed by atoms with Crippen molar-refractivity contribution < 1.29 is 9.53 Å². The fourth-order valence-corrected chi connectivity index (χ4v) is 3.02. The topological polar surface area (TPSA) is 41.9 Å². The van der Waals surface area contributed by atoms with Crippen molar-refractivity contribution in [3.63, 3.8) is 0 Å². The average molecular weight is 362 g/mol. The van der Waals surface area contributed by atoms with Crippen LogP contribution in [0.15, 0.2) is 59.6 Å². The highest BCUT2D eigenvalue weighted by atomic mass is 16.6. The van der Waals surface area contributed by atoms with Gasteiger partial charge in [-0.1, -0.05) is 42.5 Å². The molecule has 0 aromatic heterocycles. The van der Waals surface area contributed by atoms with Crippen molar-refractivity contribution in [1.82, 2.24) is 0 Å². The smallest absolute Gasteiger partial charge is 0.339 e. The number of likely N-dealkylation sites (N-methyl/N-ethyl adjacent to an activating group) is 1. The molecular weight excluding hydrogens is 336 g/mol. The molecule has 0 fully saturated rings. The van der Waals surface area contributed by atoms with Crippen LogP contribution in [-0.2, 0) is 4.74 Å². The highest BCUT2D eigenvalue weighted by Gasteiger charge is 2.19. The number of fused-ring (bicyclic) bond motifs is 1. The normalized spacial score (nSPS) is 14.5. The molecule has 0 unspecified atom stereocenters. The van der Waals surface area contributed by atoms with Crippen molar-refractivity contribution in [2.24, 2.45) is 4.99 Å². The number of rotatable bonds is 3. The molecule has 0 spiro atoms. The van der Waals surface area contributed by atoms with Gasteiger partial charge in [-0.05, 0) is 44.5 Å². The minimum absolute atomic E-state index is 0.314.